The van der Waals surface area contributed by atoms with Crippen molar-refractivity contribution in [2.24, 2.45) is 5.92 Å². The van der Waals surface area contributed by atoms with E-state index in [4.69, 9.17) is 0 Å². The minimum Gasteiger partial charge on any atom is -0.390 e. The van der Waals surface area contributed by atoms with E-state index >= 15 is 0 Å². The van der Waals surface area contributed by atoms with Gasteiger partial charge in [0.05, 0.1) is 6.10 Å². The van der Waals surface area contributed by atoms with E-state index in [0.717, 1.165) is 58.2 Å². The lowest BCUT2D eigenvalue weighted by molar-refractivity contribution is -0.166. The summed E-state index contributed by atoms with van der Waals surface area (Å²) in [5.74, 6) is -0.0665. The number of likely N-dealkylation sites (tertiary alicyclic amines) is 1. The average Bonchev–Trinajstić information content (AvgIpc) is 3.00. The summed E-state index contributed by atoms with van der Waals surface area (Å²) in [7, 11) is 0. The SMILES string of the molecule is CCCCN1C(=O)[C@@H]([C@H](O)C2CCCCC2)NC(=O)C12CCN(Cc1ccc(/C=C/c3ccccc3)cc1)CC2. The smallest absolute Gasteiger partial charge is 0.248 e. The third-order valence-electron chi connectivity index (χ3n) is 9.30. The summed E-state index contributed by atoms with van der Waals surface area (Å²) in [6.07, 6.45) is 11.7. The molecule has 3 fully saturated rings. The van der Waals surface area contributed by atoms with E-state index in [1.807, 2.05) is 23.1 Å². The highest BCUT2D eigenvalue weighted by atomic mass is 16.3. The molecule has 2 atom stereocenters. The molecule has 214 valence electrons. The highest BCUT2D eigenvalue weighted by Gasteiger charge is 2.55. The van der Waals surface area contributed by atoms with Crippen LogP contribution in [-0.2, 0) is 16.1 Å². The Balaban J connectivity index is 1.21. The molecule has 6 heteroatoms. The number of piperazine rings is 1. The van der Waals surface area contributed by atoms with Crippen molar-refractivity contribution in [3.63, 3.8) is 0 Å². The van der Waals surface area contributed by atoms with E-state index in [0.29, 0.717) is 19.4 Å². The number of unbranched alkanes of at least 4 members (excludes halogenated alkanes) is 1. The number of carbonyl (C=O) groups is 2. The number of aliphatic hydroxyl groups is 1. The van der Waals surface area contributed by atoms with Crippen molar-refractivity contribution in [2.45, 2.75) is 88.9 Å². The normalized spacial score (nSPS) is 23.1. The van der Waals surface area contributed by atoms with Crippen LogP contribution in [0.5, 0.6) is 0 Å². The number of aliphatic hydroxyl groups excluding tert-OH is 1. The Labute approximate surface area is 239 Å². The number of nitrogens with zero attached hydrogens (tertiary/aromatic N) is 2. The molecule has 1 aliphatic carbocycles. The fraction of sp³-hybridized carbons (Fsp3) is 0.529. The van der Waals surface area contributed by atoms with Crippen LogP contribution < -0.4 is 5.32 Å². The largest absolute Gasteiger partial charge is 0.390 e. The standard InChI is InChI=1S/C34H45N3O3/c1-2-3-22-37-32(39)30(31(38)29-12-8-5-9-13-29)35-33(40)34(37)20-23-36(24-21-34)25-28-18-16-27(17-19-28)15-14-26-10-6-4-7-11-26/h4,6-7,10-11,14-19,29-31,38H,2-3,5,8-9,12-13,20-25H2,1H3,(H,35,40)/b15-14+/t30-,31-/m1/s1. The van der Waals surface area contributed by atoms with Crippen LogP contribution in [0.4, 0.5) is 0 Å². The van der Waals surface area contributed by atoms with Gasteiger partial charge in [0, 0.05) is 26.2 Å². The van der Waals surface area contributed by atoms with E-state index in [-0.39, 0.29) is 17.7 Å². The van der Waals surface area contributed by atoms with Crippen molar-refractivity contribution in [3.05, 3.63) is 71.3 Å². The number of amides is 2. The van der Waals surface area contributed by atoms with Crippen molar-refractivity contribution in [1.82, 2.24) is 15.1 Å². The van der Waals surface area contributed by atoms with E-state index in [2.05, 4.69) is 65.7 Å². The molecule has 6 nitrogen and oxygen atoms in total. The number of hydrogen-bond donors (Lipinski definition) is 2. The van der Waals surface area contributed by atoms with Crippen molar-refractivity contribution in [2.75, 3.05) is 19.6 Å². The summed E-state index contributed by atoms with van der Waals surface area (Å²) in [4.78, 5) is 31.8. The topological polar surface area (TPSA) is 72.9 Å². The van der Waals surface area contributed by atoms with E-state index in [9.17, 15) is 14.7 Å². The minimum atomic E-state index is -0.814. The van der Waals surface area contributed by atoms with Crippen LogP contribution in [0.15, 0.2) is 54.6 Å². The Bertz CT molecular complexity index is 1150. The van der Waals surface area contributed by atoms with Crippen LogP contribution in [0.2, 0.25) is 0 Å². The van der Waals surface area contributed by atoms with Gasteiger partial charge in [-0.15, -0.1) is 0 Å². The number of benzene rings is 2. The maximum absolute atomic E-state index is 13.8. The lowest BCUT2D eigenvalue weighted by Crippen LogP contribution is -2.75. The van der Waals surface area contributed by atoms with Gasteiger partial charge in [0.1, 0.15) is 11.6 Å². The zero-order chi connectivity index (χ0) is 28.0. The molecule has 5 rings (SSSR count). The molecule has 2 aliphatic heterocycles. The van der Waals surface area contributed by atoms with Crippen molar-refractivity contribution < 1.29 is 14.7 Å². The maximum Gasteiger partial charge on any atom is 0.248 e. The Kier molecular flexibility index (Phi) is 9.38. The summed E-state index contributed by atoms with van der Waals surface area (Å²) in [5, 5.41) is 14.2. The van der Waals surface area contributed by atoms with Crippen LogP contribution in [0.25, 0.3) is 12.2 Å². The number of carbonyl (C=O) groups excluding carboxylic acids is 2. The highest BCUT2D eigenvalue weighted by molar-refractivity contribution is 6.00. The molecule has 2 saturated heterocycles. The van der Waals surface area contributed by atoms with Crippen LogP contribution >= 0.6 is 0 Å². The fourth-order valence-corrected chi connectivity index (χ4v) is 6.79. The summed E-state index contributed by atoms with van der Waals surface area (Å²) in [5.41, 5.74) is 2.79. The predicted octanol–water partition coefficient (Wildman–Crippen LogP) is 5.26. The average molecular weight is 544 g/mol. The monoisotopic (exact) mass is 543 g/mol. The number of hydrogen-bond acceptors (Lipinski definition) is 4. The lowest BCUT2D eigenvalue weighted by Gasteiger charge is -2.52. The first kappa shape index (κ1) is 28.6. The number of nitrogens with one attached hydrogen (secondary N) is 1. The summed E-state index contributed by atoms with van der Waals surface area (Å²) in [6.45, 7) is 5.03. The zero-order valence-corrected chi connectivity index (χ0v) is 23.9. The van der Waals surface area contributed by atoms with Crippen LogP contribution in [-0.4, -0.2) is 64.0 Å². The molecular weight excluding hydrogens is 498 g/mol. The van der Waals surface area contributed by atoms with Crippen LogP contribution in [0, 0.1) is 5.92 Å². The van der Waals surface area contributed by atoms with Crippen molar-refractivity contribution in [1.29, 1.82) is 0 Å². The molecule has 0 unspecified atom stereocenters. The number of rotatable bonds is 9. The molecule has 0 radical (unpaired) electrons. The van der Waals surface area contributed by atoms with Gasteiger partial charge >= 0.3 is 0 Å². The molecule has 40 heavy (non-hydrogen) atoms. The summed E-state index contributed by atoms with van der Waals surface area (Å²) < 4.78 is 0. The molecule has 0 bridgehead atoms. The Morgan fingerprint density at radius 2 is 1.60 bits per heavy atom. The van der Waals surface area contributed by atoms with Gasteiger partial charge in [-0.25, -0.2) is 0 Å². The molecule has 2 aromatic carbocycles. The first-order valence-electron chi connectivity index (χ1n) is 15.3. The third-order valence-corrected chi connectivity index (χ3v) is 9.30. The Morgan fingerprint density at radius 1 is 0.950 bits per heavy atom. The zero-order valence-electron chi connectivity index (χ0n) is 23.9. The Morgan fingerprint density at radius 3 is 2.25 bits per heavy atom. The maximum atomic E-state index is 13.8. The molecule has 1 saturated carbocycles. The van der Waals surface area contributed by atoms with Gasteiger partial charge in [0.25, 0.3) is 0 Å². The fourth-order valence-electron chi connectivity index (χ4n) is 6.79. The van der Waals surface area contributed by atoms with Gasteiger partial charge in [-0.05, 0) is 54.7 Å². The van der Waals surface area contributed by atoms with Gasteiger partial charge in [-0.3, -0.25) is 14.5 Å². The molecule has 3 aliphatic rings. The molecular formula is C34H45N3O3. The molecule has 2 aromatic rings. The van der Waals surface area contributed by atoms with Gasteiger partial charge in [-0.2, -0.15) is 0 Å². The summed E-state index contributed by atoms with van der Waals surface area (Å²) >= 11 is 0. The van der Waals surface area contributed by atoms with Gasteiger partial charge < -0.3 is 15.3 Å². The van der Waals surface area contributed by atoms with Crippen molar-refractivity contribution in [3.8, 4) is 0 Å². The summed E-state index contributed by atoms with van der Waals surface area (Å²) in [6, 6.07) is 18.1. The minimum absolute atomic E-state index is 0.0720. The van der Waals surface area contributed by atoms with Crippen LogP contribution in [0.1, 0.15) is 81.4 Å². The van der Waals surface area contributed by atoms with Crippen molar-refractivity contribution >= 4 is 24.0 Å². The van der Waals surface area contributed by atoms with Gasteiger partial charge in [-0.1, -0.05) is 99.4 Å². The van der Waals surface area contributed by atoms with Gasteiger partial charge in [0.15, 0.2) is 0 Å². The Hall–Kier alpha value is -2.96. The third kappa shape index (κ3) is 6.34. The van der Waals surface area contributed by atoms with Gasteiger partial charge in [0.2, 0.25) is 11.8 Å². The quantitative estimate of drug-likeness (QED) is 0.423. The predicted molar refractivity (Wildman–Crippen MR) is 160 cm³/mol. The van der Waals surface area contributed by atoms with Crippen LogP contribution in [0.3, 0.4) is 0 Å². The first-order chi connectivity index (χ1) is 19.5. The second kappa shape index (κ2) is 13.1. The molecule has 2 amide bonds. The first-order valence-corrected chi connectivity index (χ1v) is 15.3. The van der Waals surface area contributed by atoms with E-state index < -0.39 is 17.7 Å². The highest BCUT2D eigenvalue weighted by Crippen LogP contribution is 2.36. The number of piperidine rings is 1. The molecule has 2 heterocycles. The lowest BCUT2D eigenvalue weighted by atomic mass is 9.78. The second-order valence-corrected chi connectivity index (χ2v) is 12.0. The molecule has 0 aromatic heterocycles. The molecule has 1 spiro atoms. The second-order valence-electron chi connectivity index (χ2n) is 12.0. The van der Waals surface area contributed by atoms with E-state index in [1.165, 1.54) is 23.1 Å². The molecule has 2 N–H and O–H groups in total. The van der Waals surface area contributed by atoms with E-state index in [1.54, 1.807) is 0 Å².